The van der Waals surface area contributed by atoms with Gasteiger partial charge >= 0.3 is 0 Å². The summed E-state index contributed by atoms with van der Waals surface area (Å²) in [6, 6.07) is 9.33. The predicted octanol–water partition coefficient (Wildman–Crippen LogP) is 3.63. The molecule has 0 saturated carbocycles. The molecule has 0 radical (unpaired) electrons. The van der Waals surface area contributed by atoms with Crippen molar-refractivity contribution >= 4 is 29.5 Å². The quantitative estimate of drug-likeness (QED) is 0.394. The van der Waals surface area contributed by atoms with E-state index in [1.807, 2.05) is 67.0 Å². The lowest BCUT2D eigenvalue weighted by Crippen LogP contribution is -2.57. The zero-order valence-corrected chi connectivity index (χ0v) is 24.1. The van der Waals surface area contributed by atoms with Crippen LogP contribution in [0.2, 0.25) is 0 Å². The first-order valence-corrected chi connectivity index (χ1v) is 15.1. The maximum atomic E-state index is 14.3. The first-order valence-electron chi connectivity index (χ1n) is 14.3. The number of fused-ring (bicyclic) bond motifs is 2. The molecule has 2 saturated heterocycles. The van der Waals surface area contributed by atoms with E-state index in [1.165, 1.54) is 0 Å². The van der Waals surface area contributed by atoms with Crippen molar-refractivity contribution in [1.29, 1.82) is 0 Å². The van der Waals surface area contributed by atoms with Crippen molar-refractivity contribution in [2.24, 2.45) is 11.8 Å². The van der Waals surface area contributed by atoms with E-state index in [1.54, 1.807) is 16.7 Å². The summed E-state index contributed by atoms with van der Waals surface area (Å²) in [4.78, 5) is 48.3. The first kappa shape index (κ1) is 28.0. The first-order chi connectivity index (χ1) is 18.7. The second-order valence-electron chi connectivity index (χ2n) is 12.2. The average Bonchev–Trinajstić information content (AvgIpc) is 3.20. The third kappa shape index (κ3) is 5.06. The van der Waals surface area contributed by atoms with Crippen LogP contribution in [0.1, 0.15) is 52.0 Å². The van der Waals surface area contributed by atoms with Crippen LogP contribution in [0.4, 0.5) is 0 Å². The summed E-state index contributed by atoms with van der Waals surface area (Å²) in [5.41, 5.74) is 0.667. The minimum Gasteiger partial charge on any atom is -0.396 e. The third-order valence-corrected chi connectivity index (χ3v) is 10.3. The Hall–Kier alpha value is -2.58. The normalized spacial score (nSPS) is 30.4. The lowest BCUT2D eigenvalue weighted by molar-refractivity contribution is -0.146. The molecule has 39 heavy (non-hydrogen) atoms. The molecular formula is C31H41N3O4S. The molecule has 1 unspecified atom stereocenters. The molecule has 0 bridgehead atoms. The molecule has 8 heteroatoms. The monoisotopic (exact) mass is 551 g/mol. The molecule has 7 nitrogen and oxygen atoms in total. The van der Waals surface area contributed by atoms with Gasteiger partial charge in [0, 0.05) is 43.6 Å². The minimum atomic E-state index is -0.773. The van der Waals surface area contributed by atoms with Crippen LogP contribution in [0.5, 0.6) is 0 Å². The van der Waals surface area contributed by atoms with Crippen molar-refractivity contribution in [3.63, 3.8) is 0 Å². The second-order valence-corrected chi connectivity index (χ2v) is 13.7. The van der Waals surface area contributed by atoms with Gasteiger partial charge < -0.3 is 19.8 Å². The van der Waals surface area contributed by atoms with Gasteiger partial charge in [-0.05, 0) is 39.2 Å². The van der Waals surface area contributed by atoms with Gasteiger partial charge in [-0.1, -0.05) is 67.5 Å². The Morgan fingerprint density at radius 2 is 1.69 bits per heavy atom. The molecule has 5 rings (SSSR count). The van der Waals surface area contributed by atoms with E-state index in [0.29, 0.717) is 26.2 Å². The summed E-state index contributed by atoms with van der Waals surface area (Å²) in [5, 5.41) is 9.01. The molecule has 3 amide bonds. The summed E-state index contributed by atoms with van der Waals surface area (Å²) in [7, 11) is 0. The largest absolute Gasteiger partial charge is 0.396 e. The third-order valence-electron chi connectivity index (χ3n) is 8.58. The van der Waals surface area contributed by atoms with Gasteiger partial charge in [0.1, 0.15) is 6.04 Å². The van der Waals surface area contributed by atoms with Crippen LogP contribution in [-0.2, 0) is 20.9 Å². The van der Waals surface area contributed by atoms with Crippen LogP contribution in [0.15, 0.2) is 54.6 Å². The molecule has 5 atom stereocenters. The van der Waals surface area contributed by atoms with Gasteiger partial charge in [-0.2, -0.15) is 0 Å². The summed E-state index contributed by atoms with van der Waals surface area (Å²) in [6.45, 7) is 8.24. The second kappa shape index (κ2) is 11.1. The molecule has 4 aliphatic heterocycles. The zero-order chi connectivity index (χ0) is 27.8. The lowest BCUT2D eigenvalue weighted by Gasteiger charge is -2.40. The number of carbonyl (C=O) groups excluding carboxylic acids is 3. The number of amides is 3. The Bertz CT molecular complexity index is 1150. The molecule has 210 valence electrons. The molecule has 1 N–H and O–H groups in total. The van der Waals surface area contributed by atoms with Gasteiger partial charge in [-0.3, -0.25) is 14.4 Å². The van der Waals surface area contributed by atoms with Gasteiger partial charge in [0.05, 0.1) is 16.6 Å². The van der Waals surface area contributed by atoms with Crippen molar-refractivity contribution in [2.45, 2.75) is 74.6 Å². The highest BCUT2D eigenvalue weighted by Crippen LogP contribution is 2.61. The van der Waals surface area contributed by atoms with Gasteiger partial charge in [-0.25, -0.2) is 0 Å². The fraction of sp³-hybridized carbons (Fsp3) is 0.581. The molecule has 0 aliphatic carbocycles. The Labute approximate surface area is 236 Å². The standard InChI is InChI=1S/C31H41N3O4S/c1-30(2,3)34-19-12-16-31-25(28(37)33(26(31)29(34)38)18-9-4-5-10-20-35)24-23(39-31)15-11-17-32(27(24)36)21-22-13-7-6-8-14-22/h6-8,11-16,23-26,35H,4-5,9-10,17-21H2,1-3H3/t23-,24+,25+,26?,31+/m1/s1. The SMILES string of the molecule is CC(C)(C)N1CC=C[C@]23S[C@@H]4C=CCN(Cc5ccccc5)C(=O)[C@@H]4[C@H]2C(=O)N(CCCCCCO)C3C1=O. The number of unbranched alkanes of at least 4 members (excludes halogenated alkanes) is 3. The van der Waals surface area contributed by atoms with Crippen LogP contribution in [-0.4, -0.2) is 85.3 Å². The van der Waals surface area contributed by atoms with Crippen molar-refractivity contribution in [2.75, 3.05) is 26.2 Å². The number of hydrogen-bond acceptors (Lipinski definition) is 5. The van der Waals surface area contributed by atoms with E-state index in [4.69, 9.17) is 5.11 Å². The maximum Gasteiger partial charge on any atom is 0.247 e. The smallest absolute Gasteiger partial charge is 0.247 e. The number of hydrogen-bond donors (Lipinski definition) is 1. The number of likely N-dealkylation sites (tertiary alicyclic amines) is 1. The van der Waals surface area contributed by atoms with Crippen LogP contribution < -0.4 is 0 Å². The fourth-order valence-electron chi connectivity index (χ4n) is 6.73. The molecule has 2 fully saturated rings. The highest BCUT2D eigenvalue weighted by atomic mass is 32.2. The maximum absolute atomic E-state index is 14.3. The summed E-state index contributed by atoms with van der Waals surface area (Å²) < 4.78 is -0.773. The molecule has 4 aliphatic rings. The molecular weight excluding hydrogens is 510 g/mol. The molecule has 1 spiro atoms. The Morgan fingerprint density at radius 1 is 0.949 bits per heavy atom. The number of thioether (sulfide) groups is 1. The van der Waals surface area contributed by atoms with Crippen molar-refractivity contribution in [3.05, 3.63) is 60.2 Å². The number of carbonyl (C=O) groups is 3. The highest BCUT2D eigenvalue weighted by molar-refractivity contribution is 8.02. The molecule has 0 aromatic heterocycles. The summed E-state index contributed by atoms with van der Waals surface area (Å²) >= 11 is 1.64. The number of rotatable bonds is 8. The van der Waals surface area contributed by atoms with Crippen molar-refractivity contribution in [3.8, 4) is 0 Å². The summed E-state index contributed by atoms with van der Waals surface area (Å²) in [5.74, 6) is -1.19. The van der Waals surface area contributed by atoms with Gasteiger partial charge in [0.2, 0.25) is 17.7 Å². The van der Waals surface area contributed by atoms with Crippen LogP contribution >= 0.6 is 11.8 Å². The highest BCUT2D eigenvalue weighted by Gasteiger charge is 2.71. The van der Waals surface area contributed by atoms with Crippen LogP contribution in [0.3, 0.4) is 0 Å². The van der Waals surface area contributed by atoms with Gasteiger partial charge in [0.15, 0.2) is 0 Å². The number of aliphatic hydroxyl groups is 1. The Morgan fingerprint density at radius 3 is 2.41 bits per heavy atom. The van der Waals surface area contributed by atoms with Crippen LogP contribution in [0.25, 0.3) is 0 Å². The fourth-order valence-corrected chi connectivity index (χ4v) is 8.73. The van der Waals surface area contributed by atoms with E-state index >= 15 is 0 Å². The predicted molar refractivity (Wildman–Crippen MR) is 154 cm³/mol. The topological polar surface area (TPSA) is 81.2 Å². The summed E-state index contributed by atoms with van der Waals surface area (Å²) in [6.07, 6.45) is 11.6. The average molecular weight is 552 g/mol. The van der Waals surface area contributed by atoms with Gasteiger partial charge in [-0.15, -0.1) is 11.8 Å². The number of aliphatic hydroxyl groups excluding tert-OH is 1. The molecule has 4 heterocycles. The van der Waals surface area contributed by atoms with E-state index in [-0.39, 0.29) is 29.6 Å². The molecule has 1 aromatic rings. The van der Waals surface area contributed by atoms with E-state index in [2.05, 4.69) is 18.2 Å². The lowest BCUT2D eigenvalue weighted by atomic mass is 9.78. The Kier molecular flexibility index (Phi) is 7.98. The number of benzene rings is 1. The van der Waals surface area contributed by atoms with E-state index in [0.717, 1.165) is 31.2 Å². The number of nitrogens with zero attached hydrogens (tertiary/aromatic N) is 3. The van der Waals surface area contributed by atoms with Crippen LogP contribution in [0, 0.1) is 11.8 Å². The van der Waals surface area contributed by atoms with Crippen molar-refractivity contribution in [1.82, 2.24) is 14.7 Å². The minimum absolute atomic E-state index is 0.00195. The van der Waals surface area contributed by atoms with E-state index < -0.39 is 28.2 Å². The van der Waals surface area contributed by atoms with E-state index in [9.17, 15) is 14.4 Å². The van der Waals surface area contributed by atoms with Gasteiger partial charge in [0.25, 0.3) is 0 Å². The Balaban J connectivity index is 1.50. The molecule has 1 aromatic carbocycles. The zero-order valence-electron chi connectivity index (χ0n) is 23.3. The van der Waals surface area contributed by atoms with Crippen molar-refractivity contribution < 1.29 is 19.5 Å².